The Kier molecular flexibility index (Phi) is 5.04. The second-order valence-corrected chi connectivity index (χ2v) is 6.10. The van der Waals surface area contributed by atoms with Gasteiger partial charge in [0, 0.05) is 25.0 Å². The van der Waals surface area contributed by atoms with Gasteiger partial charge in [0.1, 0.15) is 0 Å². The van der Waals surface area contributed by atoms with Gasteiger partial charge in [0.15, 0.2) is 0 Å². The van der Waals surface area contributed by atoms with Crippen LogP contribution in [0.2, 0.25) is 0 Å². The summed E-state index contributed by atoms with van der Waals surface area (Å²) in [4.78, 5) is 14.5. The molecule has 2 aliphatic carbocycles. The van der Waals surface area contributed by atoms with Crippen LogP contribution in [-0.4, -0.2) is 29.4 Å². The van der Waals surface area contributed by atoms with Gasteiger partial charge in [0.05, 0.1) is 0 Å². The minimum absolute atomic E-state index is 0.366. The quantitative estimate of drug-likeness (QED) is 0.836. The molecule has 0 atom stereocenters. The molecule has 0 aromatic heterocycles. The lowest BCUT2D eigenvalue weighted by atomic mass is 9.90. The van der Waals surface area contributed by atoms with Crippen molar-refractivity contribution in [1.29, 1.82) is 0 Å². The van der Waals surface area contributed by atoms with E-state index in [1.165, 1.54) is 25.7 Å². The zero-order valence-corrected chi connectivity index (χ0v) is 11.7. The molecule has 3 heteroatoms. The molecule has 18 heavy (non-hydrogen) atoms. The van der Waals surface area contributed by atoms with E-state index in [1.807, 2.05) is 0 Å². The molecule has 0 aliphatic heterocycles. The van der Waals surface area contributed by atoms with E-state index in [1.54, 1.807) is 0 Å². The highest BCUT2D eigenvalue weighted by atomic mass is 16.2. The molecule has 0 heterocycles. The summed E-state index contributed by atoms with van der Waals surface area (Å²) in [5.74, 6) is 1.06. The fraction of sp³-hybridized carbons (Fsp3) is 0.933. The van der Waals surface area contributed by atoms with E-state index in [0.29, 0.717) is 23.9 Å². The molecular weight excluding hydrogens is 224 g/mol. The van der Waals surface area contributed by atoms with E-state index in [9.17, 15) is 4.79 Å². The number of rotatable bonds is 4. The maximum absolute atomic E-state index is 12.4. The highest BCUT2D eigenvalue weighted by molar-refractivity contribution is 5.76. The Morgan fingerprint density at radius 2 is 1.72 bits per heavy atom. The molecule has 0 radical (unpaired) electrons. The van der Waals surface area contributed by atoms with Gasteiger partial charge < -0.3 is 10.6 Å². The smallest absolute Gasteiger partial charge is 0.223 e. The van der Waals surface area contributed by atoms with Crippen molar-refractivity contribution in [3.63, 3.8) is 0 Å². The van der Waals surface area contributed by atoms with Crippen molar-refractivity contribution < 1.29 is 4.79 Å². The first-order chi connectivity index (χ1) is 8.70. The van der Waals surface area contributed by atoms with Crippen LogP contribution < -0.4 is 5.73 Å². The molecule has 0 saturated heterocycles. The Labute approximate surface area is 111 Å². The number of amides is 1. The summed E-state index contributed by atoms with van der Waals surface area (Å²) in [5.41, 5.74) is 5.94. The Morgan fingerprint density at radius 1 is 1.11 bits per heavy atom. The normalized spacial score (nSPS) is 29.4. The fourth-order valence-corrected chi connectivity index (χ4v) is 3.63. The SMILES string of the molecule is CCN(C(=O)CC1CCCC1)C1CCC(N)CC1. The Hall–Kier alpha value is -0.570. The zero-order chi connectivity index (χ0) is 13.0. The molecule has 2 rings (SSSR count). The lowest BCUT2D eigenvalue weighted by Gasteiger charge is -2.36. The molecule has 0 aromatic rings. The summed E-state index contributed by atoms with van der Waals surface area (Å²) >= 11 is 0. The molecule has 104 valence electrons. The second kappa shape index (κ2) is 6.55. The molecule has 0 bridgehead atoms. The average molecular weight is 252 g/mol. The lowest BCUT2D eigenvalue weighted by molar-refractivity contribution is -0.135. The van der Waals surface area contributed by atoms with E-state index >= 15 is 0 Å². The van der Waals surface area contributed by atoms with Gasteiger partial charge in [-0.3, -0.25) is 4.79 Å². The van der Waals surface area contributed by atoms with Gasteiger partial charge in [0.2, 0.25) is 5.91 Å². The van der Waals surface area contributed by atoms with Crippen LogP contribution in [0.4, 0.5) is 0 Å². The zero-order valence-electron chi connectivity index (χ0n) is 11.7. The Bertz CT molecular complexity index is 266. The molecule has 2 N–H and O–H groups in total. The number of hydrogen-bond donors (Lipinski definition) is 1. The average Bonchev–Trinajstić information content (AvgIpc) is 2.85. The van der Waals surface area contributed by atoms with Crippen molar-refractivity contribution in [2.24, 2.45) is 11.7 Å². The number of nitrogens with zero attached hydrogens (tertiary/aromatic N) is 1. The van der Waals surface area contributed by atoms with Gasteiger partial charge >= 0.3 is 0 Å². The van der Waals surface area contributed by atoms with Crippen molar-refractivity contribution >= 4 is 5.91 Å². The van der Waals surface area contributed by atoms with E-state index < -0.39 is 0 Å². The third kappa shape index (κ3) is 3.47. The predicted octanol–water partition coefficient (Wildman–Crippen LogP) is 2.69. The van der Waals surface area contributed by atoms with Crippen LogP contribution in [0.3, 0.4) is 0 Å². The molecule has 2 saturated carbocycles. The molecule has 2 aliphatic rings. The molecule has 0 unspecified atom stereocenters. The van der Waals surface area contributed by atoms with E-state index in [0.717, 1.165) is 38.6 Å². The van der Waals surface area contributed by atoms with Crippen molar-refractivity contribution in [2.45, 2.75) is 76.8 Å². The van der Waals surface area contributed by atoms with Crippen LogP contribution in [0.1, 0.15) is 64.7 Å². The first-order valence-corrected chi connectivity index (χ1v) is 7.75. The molecule has 2 fully saturated rings. The summed E-state index contributed by atoms with van der Waals surface area (Å²) in [6.45, 7) is 2.98. The standard InChI is InChI=1S/C15H28N2O/c1-2-17(14-9-7-13(16)8-10-14)15(18)11-12-5-3-4-6-12/h12-14H,2-11,16H2,1H3. The number of nitrogens with two attached hydrogens (primary N) is 1. The summed E-state index contributed by atoms with van der Waals surface area (Å²) in [6.07, 6.45) is 10.3. The molecule has 3 nitrogen and oxygen atoms in total. The van der Waals surface area contributed by atoms with Crippen molar-refractivity contribution in [3.8, 4) is 0 Å². The van der Waals surface area contributed by atoms with Crippen molar-refractivity contribution in [2.75, 3.05) is 6.54 Å². The molecule has 1 amide bonds. The highest BCUT2D eigenvalue weighted by Gasteiger charge is 2.28. The largest absolute Gasteiger partial charge is 0.340 e. The van der Waals surface area contributed by atoms with E-state index in [-0.39, 0.29) is 0 Å². The Balaban J connectivity index is 1.84. The van der Waals surface area contributed by atoms with Gasteiger partial charge in [-0.05, 0) is 51.4 Å². The van der Waals surface area contributed by atoms with Crippen LogP contribution in [0.15, 0.2) is 0 Å². The highest BCUT2D eigenvalue weighted by Crippen LogP contribution is 2.29. The summed E-state index contributed by atoms with van der Waals surface area (Å²) in [7, 11) is 0. The van der Waals surface area contributed by atoms with Gasteiger partial charge in [-0.25, -0.2) is 0 Å². The summed E-state index contributed by atoms with van der Waals surface area (Å²) in [5, 5.41) is 0. The van der Waals surface area contributed by atoms with Crippen LogP contribution in [0.5, 0.6) is 0 Å². The van der Waals surface area contributed by atoms with Gasteiger partial charge in [-0.1, -0.05) is 12.8 Å². The second-order valence-electron chi connectivity index (χ2n) is 6.10. The van der Waals surface area contributed by atoms with Crippen molar-refractivity contribution in [3.05, 3.63) is 0 Å². The minimum atomic E-state index is 0.366. The lowest BCUT2D eigenvalue weighted by Crippen LogP contribution is -2.44. The predicted molar refractivity (Wildman–Crippen MR) is 74.2 cm³/mol. The Morgan fingerprint density at radius 3 is 2.28 bits per heavy atom. The monoisotopic (exact) mass is 252 g/mol. The first kappa shape index (κ1) is 13.9. The molecular formula is C15H28N2O. The maximum Gasteiger partial charge on any atom is 0.223 e. The van der Waals surface area contributed by atoms with Crippen molar-refractivity contribution in [1.82, 2.24) is 4.90 Å². The molecule has 0 aromatic carbocycles. The van der Waals surface area contributed by atoms with Crippen LogP contribution in [0.25, 0.3) is 0 Å². The maximum atomic E-state index is 12.4. The number of carbonyl (C=O) groups is 1. The summed E-state index contributed by atoms with van der Waals surface area (Å²) in [6, 6.07) is 0.827. The third-order valence-electron chi connectivity index (χ3n) is 4.78. The van der Waals surface area contributed by atoms with Crippen LogP contribution in [-0.2, 0) is 4.79 Å². The topological polar surface area (TPSA) is 46.3 Å². The van der Waals surface area contributed by atoms with Gasteiger partial charge in [-0.2, -0.15) is 0 Å². The first-order valence-electron chi connectivity index (χ1n) is 7.75. The number of hydrogen-bond acceptors (Lipinski definition) is 2. The van der Waals surface area contributed by atoms with E-state index in [2.05, 4.69) is 11.8 Å². The minimum Gasteiger partial charge on any atom is -0.340 e. The summed E-state index contributed by atoms with van der Waals surface area (Å²) < 4.78 is 0. The fourth-order valence-electron chi connectivity index (χ4n) is 3.63. The molecule has 0 spiro atoms. The van der Waals surface area contributed by atoms with Gasteiger partial charge in [-0.15, -0.1) is 0 Å². The number of carbonyl (C=O) groups excluding carboxylic acids is 1. The van der Waals surface area contributed by atoms with Crippen LogP contribution >= 0.6 is 0 Å². The third-order valence-corrected chi connectivity index (χ3v) is 4.78. The van der Waals surface area contributed by atoms with Gasteiger partial charge in [0.25, 0.3) is 0 Å². The van der Waals surface area contributed by atoms with E-state index in [4.69, 9.17) is 5.73 Å². The van der Waals surface area contributed by atoms with Crippen LogP contribution in [0, 0.1) is 5.92 Å².